The third kappa shape index (κ3) is 5.05. The molecule has 0 spiro atoms. The second-order valence-corrected chi connectivity index (χ2v) is 7.45. The Kier molecular flexibility index (Phi) is 6.08. The number of likely N-dealkylation sites (tertiary alicyclic amines) is 2. The van der Waals surface area contributed by atoms with Crippen molar-refractivity contribution >= 4 is 11.8 Å². The van der Waals surface area contributed by atoms with Crippen LogP contribution in [0.5, 0.6) is 0 Å². The Bertz CT molecular complexity index is 609. The molecule has 25 heavy (non-hydrogen) atoms. The molecule has 3 rings (SSSR count). The number of carbonyl (C=O) groups excluding carboxylic acids is 2. The van der Waals surface area contributed by atoms with Gasteiger partial charge in [0.2, 0.25) is 11.8 Å². The SMILES string of the molecule is NC(=O)c1cccc(CC2CCN(C(=O)CN3CCCCCC3)C2)c1. The highest BCUT2D eigenvalue weighted by Crippen LogP contribution is 2.22. The molecular weight excluding hydrogens is 314 g/mol. The lowest BCUT2D eigenvalue weighted by Gasteiger charge is -2.23. The van der Waals surface area contributed by atoms with Crippen molar-refractivity contribution < 1.29 is 9.59 Å². The topological polar surface area (TPSA) is 66.6 Å². The van der Waals surface area contributed by atoms with Crippen molar-refractivity contribution in [2.24, 2.45) is 11.7 Å². The summed E-state index contributed by atoms with van der Waals surface area (Å²) in [5.74, 6) is 0.356. The maximum absolute atomic E-state index is 12.6. The Morgan fingerprint density at radius 1 is 1.08 bits per heavy atom. The number of rotatable bonds is 5. The highest BCUT2D eigenvalue weighted by atomic mass is 16.2. The smallest absolute Gasteiger partial charge is 0.248 e. The first-order valence-electron chi connectivity index (χ1n) is 9.50. The zero-order chi connectivity index (χ0) is 17.6. The van der Waals surface area contributed by atoms with Gasteiger partial charge in [-0.15, -0.1) is 0 Å². The standard InChI is InChI=1S/C20H29N3O2/c21-20(25)18-7-5-6-16(13-18)12-17-8-11-23(14-17)19(24)15-22-9-3-1-2-4-10-22/h5-7,13,17H,1-4,8-12,14-15H2,(H2,21,25). The summed E-state index contributed by atoms with van der Waals surface area (Å²) in [6, 6.07) is 7.54. The van der Waals surface area contributed by atoms with Gasteiger partial charge in [-0.25, -0.2) is 0 Å². The third-order valence-corrected chi connectivity index (χ3v) is 5.43. The van der Waals surface area contributed by atoms with Gasteiger partial charge < -0.3 is 10.6 Å². The summed E-state index contributed by atoms with van der Waals surface area (Å²) < 4.78 is 0. The average molecular weight is 343 g/mol. The molecule has 1 unspecified atom stereocenters. The second kappa shape index (κ2) is 8.48. The first-order chi connectivity index (χ1) is 12.1. The summed E-state index contributed by atoms with van der Waals surface area (Å²) in [6.07, 6.45) is 6.95. The molecule has 5 heteroatoms. The van der Waals surface area contributed by atoms with Crippen molar-refractivity contribution in [2.45, 2.75) is 38.5 Å². The van der Waals surface area contributed by atoms with E-state index in [-0.39, 0.29) is 11.8 Å². The Morgan fingerprint density at radius 3 is 2.56 bits per heavy atom. The zero-order valence-electron chi connectivity index (χ0n) is 15.0. The molecule has 2 amide bonds. The van der Waals surface area contributed by atoms with E-state index in [0.29, 0.717) is 18.0 Å². The van der Waals surface area contributed by atoms with Crippen LogP contribution in [-0.2, 0) is 11.2 Å². The number of primary amides is 1. The van der Waals surface area contributed by atoms with Gasteiger partial charge in [0, 0.05) is 18.7 Å². The predicted molar refractivity (Wildman–Crippen MR) is 98.3 cm³/mol. The molecule has 2 N–H and O–H groups in total. The first-order valence-corrected chi connectivity index (χ1v) is 9.50. The fourth-order valence-corrected chi connectivity index (χ4v) is 4.00. The van der Waals surface area contributed by atoms with Crippen LogP contribution in [-0.4, -0.2) is 54.3 Å². The van der Waals surface area contributed by atoms with E-state index in [2.05, 4.69) is 4.90 Å². The van der Waals surface area contributed by atoms with Crippen LogP contribution in [0.25, 0.3) is 0 Å². The van der Waals surface area contributed by atoms with Crippen LogP contribution in [0, 0.1) is 5.92 Å². The molecule has 2 aliphatic heterocycles. The van der Waals surface area contributed by atoms with E-state index in [1.807, 2.05) is 23.1 Å². The number of hydrogen-bond donors (Lipinski definition) is 1. The van der Waals surface area contributed by atoms with E-state index in [1.165, 1.54) is 25.7 Å². The van der Waals surface area contributed by atoms with Gasteiger partial charge in [-0.3, -0.25) is 14.5 Å². The van der Waals surface area contributed by atoms with Gasteiger partial charge in [-0.2, -0.15) is 0 Å². The van der Waals surface area contributed by atoms with Crippen LogP contribution in [0.1, 0.15) is 48.0 Å². The Balaban J connectivity index is 1.50. The monoisotopic (exact) mass is 343 g/mol. The highest BCUT2D eigenvalue weighted by Gasteiger charge is 2.27. The van der Waals surface area contributed by atoms with Gasteiger partial charge in [0.25, 0.3) is 0 Å². The Morgan fingerprint density at radius 2 is 1.84 bits per heavy atom. The van der Waals surface area contributed by atoms with Crippen LogP contribution in [0.4, 0.5) is 0 Å². The molecule has 0 bridgehead atoms. The van der Waals surface area contributed by atoms with Gasteiger partial charge in [0.1, 0.15) is 0 Å². The number of hydrogen-bond acceptors (Lipinski definition) is 3. The number of nitrogens with zero attached hydrogens (tertiary/aromatic N) is 2. The van der Waals surface area contributed by atoms with Crippen molar-refractivity contribution in [3.8, 4) is 0 Å². The van der Waals surface area contributed by atoms with E-state index >= 15 is 0 Å². The van der Waals surface area contributed by atoms with Crippen LogP contribution in [0.2, 0.25) is 0 Å². The summed E-state index contributed by atoms with van der Waals surface area (Å²) in [7, 11) is 0. The summed E-state index contributed by atoms with van der Waals surface area (Å²) in [6.45, 7) is 4.37. The maximum atomic E-state index is 12.6. The molecule has 0 aliphatic carbocycles. The molecule has 0 saturated carbocycles. The van der Waals surface area contributed by atoms with Crippen molar-refractivity contribution in [3.63, 3.8) is 0 Å². The van der Waals surface area contributed by atoms with E-state index < -0.39 is 0 Å². The molecule has 0 radical (unpaired) electrons. The van der Waals surface area contributed by atoms with Gasteiger partial charge in [0.05, 0.1) is 6.54 Å². The number of benzene rings is 1. The van der Waals surface area contributed by atoms with Crippen LogP contribution >= 0.6 is 0 Å². The van der Waals surface area contributed by atoms with Gasteiger partial charge >= 0.3 is 0 Å². The van der Waals surface area contributed by atoms with E-state index in [9.17, 15) is 9.59 Å². The molecule has 5 nitrogen and oxygen atoms in total. The quantitative estimate of drug-likeness (QED) is 0.890. The Labute approximate surface area is 150 Å². The number of amides is 2. The largest absolute Gasteiger partial charge is 0.366 e. The van der Waals surface area contributed by atoms with Crippen LogP contribution < -0.4 is 5.73 Å². The molecule has 1 aromatic carbocycles. The minimum Gasteiger partial charge on any atom is -0.366 e. The van der Waals surface area contributed by atoms with Gasteiger partial charge in [-0.1, -0.05) is 25.0 Å². The molecular formula is C20H29N3O2. The minimum absolute atomic E-state index is 0.273. The normalized spacial score (nSPS) is 21.9. The lowest BCUT2D eigenvalue weighted by Crippen LogP contribution is -2.39. The van der Waals surface area contributed by atoms with Crippen molar-refractivity contribution in [1.82, 2.24) is 9.80 Å². The molecule has 0 aromatic heterocycles. The first kappa shape index (κ1) is 17.9. The predicted octanol–water partition coefficient (Wildman–Crippen LogP) is 2.05. The number of carbonyl (C=O) groups is 2. The number of nitrogens with two attached hydrogens (primary N) is 1. The molecule has 136 valence electrons. The molecule has 2 aliphatic rings. The fraction of sp³-hybridized carbons (Fsp3) is 0.600. The maximum Gasteiger partial charge on any atom is 0.248 e. The van der Waals surface area contributed by atoms with Crippen LogP contribution in [0.15, 0.2) is 24.3 Å². The molecule has 1 aromatic rings. The second-order valence-electron chi connectivity index (χ2n) is 7.45. The van der Waals surface area contributed by atoms with Gasteiger partial charge in [-0.05, 0) is 62.4 Å². The summed E-state index contributed by atoms with van der Waals surface area (Å²) in [5.41, 5.74) is 7.04. The Hall–Kier alpha value is -1.88. The van der Waals surface area contributed by atoms with E-state index in [0.717, 1.165) is 44.6 Å². The fourth-order valence-electron chi connectivity index (χ4n) is 4.00. The summed E-state index contributed by atoms with van der Waals surface area (Å²) in [4.78, 5) is 28.2. The molecule has 1 atom stereocenters. The van der Waals surface area contributed by atoms with Crippen molar-refractivity contribution in [3.05, 3.63) is 35.4 Å². The lowest BCUT2D eigenvalue weighted by molar-refractivity contribution is -0.131. The van der Waals surface area contributed by atoms with Gasteiger partial charge in [0.15, 0.2) is 0 Å². The summed E-state index contributed by atoms with van der Waals surface area (Å²) in [5, 5.41) is 0. The molecule has 2 saturated heterocycles. The summed E-state index contributed by atoms with van der Waals surface area (Å²) >= 11 is 0. The van der Waals surface area contributed by atoms with Crippen molar-refractivity contribution in [2.75, 3.05) is 32.7 Å². The third-order valence-electron chi connectivity index (χ3n) is 5.43. The average Bonchev–Trinajstić information content (AvgIpc) is 2.91. The van der Waals surface area contributed by atoms with E-state index in [1.54, 1.807) is 6.07 Å². The van der Waals surface area contributed by atoms with Crippen molar-refractivity contribution in [1.29, 1.82) is 0 Å². The lowest BCUT2D eigenvalue weighted by atomic mass is 9.97. The molecule has 2 heterocycles. The van der Waals surface area contributed by atoms with Crippen LogP contribution in [0.3, 0.4) is 0 Å². The zero-order valence-corrected chi connectivity index (χ0v) is 15.0. The van der Waals surface area contributed by atoms with E-state index in [4.69, 9.17) is 5.73 Å². The molecule has 2 fully saturated rings. The highest BCUT2D eigenvalue weighted by molar-refractivity contribution is 5.92. The minimum atomic E-state index is -0.387.